The van der Waals surface area contributed by atoms with Gasteiger partial charge in [0.1, 0.15) is 12.4 Å². The fourth-order valence-corrected chi connectivity index (χ4v) is 2.91. The summed E-state index contributed by atoms with van der Waals surface area (Å²) in [6.07, 6.45) is 8.10. The van der Waals surface area contributed by atoms with E-state index in [9.17, 15) is 13.2 Å². The SMILES string of the molecule is CS(N)(=O)=O.CSc1ccc(OCc2ccccc2)c(/C=C/c2ccc(C(=O)O)cn2)c1. The number of aromatic carboxylic acids is 1. The van der Waals surface area contributed by atoms with Gasteiger partial charge < -0.3 is 9.84 Å². The van der Waals surface area contributed by atoms with Gasteiger partial charge in [0.25, 0.3) is 0 Å². The first-order valence-electron chi connectivity index (χ1n) is 9.35. The van der Waals surface area contributed by atoms with E-state index in [1.54, 1.807) is 23.9 Å². The zero-order valence-corrected chi connectivity index (χ0v) is 19.3. The van der Waals surface area contributed by atoms with Crippen molar-refractivity contribution in [3.05, 3.63) is 89.2 Å². The quantitative estimate of drug-likeness (QED) is 0.496. The number of thioether (sulfide) groups is 1. The van der Waals surface area contributed by atoms with E-state index < -0.39 is 16.0 Å². The van der Waals surface area contributed by atoms with Crippen molar-refractivity contribution in [2.45, 2.75) is 11.5 Å². The van der Waals surface area contributed by atoms with Crippen molar-refractivity contribution in [2.75, 3.05) is 12.5 Å². The molecule has 0 aliphatic carbocycles. The lowest BCUT2D eigenvalue weighted by Crippen LogP contribution is -2.07. The van der Waals surface area contributed by atoms with Crippen LogP contribution in [-0.2, 0) is 16.6 Å². The Morgan fingerprint density at radius 3 is 2.38 bits per heavy atom. The van der Waals surface area contributed by atoms with E-state index in [1.165, 1.54) is 6.20 Å². The van der Waals surface area contributed by atoms with Crippen molar-refractivity contribution in [2.24, 2.45) is 5.14 Å². The van der Waals surface area contributed by atoms with Crippen LogP contribution in [0.2, 0.25) is 0 Å². The molecule has 32 heavy (non-hydrogen) atoms. The molecule has 7 nitrogen and oxygen atoms in total. The van der Waals surface area contributed by atoms with Crippen LogP contribution in [-0.4, -0.2) is 37.0 Å². The predicted octanol–water partition coefficient (Wildman–Crippen LogP) is 4.16. The van der Waals surface area contributed by atoms with Crippen molar-refractivity contribution >= 4 is 39.9 Å². The minimum atomic E-state index is -3.17. The lowest BCUT2D eigenvalue weighted by atomic mass is 10.1. The predicted molar refractivity (Wildman–Crippen MR) is 128 cm³/mol. The van der Waals surface area contributed by atoms with Crippen LogP contribution in [0.3, 0.4) is 0 Å². The molecule has 0 unspecified atom stereocenters. The number of carbonyl (C=O) groups is 1. The largest absolute Gasteiger partial charge is 0.488 e. The molecular formula is C23H24N2O5S2. The van der Waals surface area contributed by atoms with Crippen LogP contribution in [0.4, 0.5) is 0 Å². The molecule has 3 rings (SSSR count). The highest BCUT2D eigenvalue weighted by Gasteiger charge is 2.05. The van der Waals surface area contributed by atoms with E-state index >= 15 is 0 Å². The van der Waals surface area contributed by atoms with Gasteiger partial charge in [0.2, 0.25) is 10.0 Å². The van der Waals surface area contributed by atoms with E-state index in [1.807, 2.05) is 60.9 Å². The highest BCUT2D eigenvalue weighted by Crippen LogP contribution is 2.27. The van der Waals surface area contributed by atoms with Gasteiger partial charge in [-0.25, -0.2) is 18.4 Å². The van der Waals surface area contributed by atoms with Crippen molar-refractivity contribution in [3.63, 3.8) is 0 Å². The van der Waals surface area contributed by atoms with E-state index in [0.29, 0.717) is 12.3 Å². The third-order valence-corrected chi connectivity index (χ3v) is 4.65. The van der Waals surface area contributed by atoms with Gasteiger partial charge in [-0.1, -0.05) is 30.3 Å². The second kappa shape index (κ2) is 12.0. The number of ether oxygens (including phenoxy) is 1. The summed E-state index contributed by atoms with van der Waals surface area (Å²) >= 11 is 1.66. The summed E-state index contributed by atoms with van der Waals surface area (Å²) in [5, 5.41) is 13.3. The van der Waals surface area contributed by atoms with E-state index in [4.69, 9.17) is 9.84 Å². The average molecular weight is 473 g/mol. The van der Waals surface area contributed by atoms with Crippen molar-refractivity contribution in [1.29, 1.82) is 0 Å². The monoisotopic (exact) mass is 472 g/mol. The summed E-state index contributed by atoms with van der Waals surface area (Å²) in [6.45, 7) is 0.492. The number of benzene rings is 2. The summed E-state index contributed by atoms with van der Waals surface area (Å²) < 4.78 is 24.8. The molecule has 9 heteroatoms. The Labute approximate surface area is 192 Å². The maximum Gasteiger partial charge on any atom is 0.337 e. The number of aromatic nitrogens is 1. The van der Waals surface area contributed by atoms with Gasteiger partial charge in [-0.15, -0.1) is 11.8 Å². The van der Waals surface area contributed by atoms with Crippen molar-refractivity contribution in [1.82, 2.24) is 4.98 Å². The van der Waals surface area contributed by atoms with Crippen molar-refractivity contribution in [3.8, 4) is 5.75 Å². The molecule has 0 spiro atoms. The summed E-state index contributed by atoms with van der Waals surface area (Å²) in [4.78, 5) is 16.2. The van der Waals surface area contributed by atoms with Gasteiger partial charge in [-0.05, 0) is 54.3 Å². The molecule has 0 radical (unpaired) electrons. The molecule has 0 aliphatic rings. The number of primary sulfonamides is 1. The Hall–Kier alpha value is -3.14. The highest BCUT2D eigenvalue weighted by atomic mass is 32.2. The van der Waals surface area contributed by atoms with Crippen LogP contribution in [0.1, 0.15) is 27.2 Å². The zero-order valence-electron chi connectivity index (χ0n) is 17.6. The molecule has 0 aliphatic heterocycles. The van der Waals surface area contributed by atoms with Gasteiger partial charge in [-0.3, -0.25) is 4.98 Å². The summed E-state index contributed by atoms with van der Waals surface area (Å²) in [7, 11) is -3.17. The van der Waals surface area contributed by atoms with Crippen LogP contribution in [0, 0.1) is 0 Å². The number of nitrogens with two attached hydrogens (primary N) is 1. The molecule has 3 aromatic rings. The zero-order chi connectivity index (χ0) is 23.6. The van der Waals surface area contributed by atoms with Crippen LogP contribution >= 0.6 is 11.8 Å². The first-order chi connectivity index (χ1) is 15.2. The molecule has 0 saturated carbocycles. The Bertz CT molecular complexity index is 1150. The van der Waals surface area contributed by atoms with Gasteiger partial charge >= 0.3 is 5.97 Å². The smallest absolute Gasteiger partial charge is 0.337 e. The normalized spacial score (nSPS) is 11.0. The van der Waals surface area contributed by atoms with E-state index in [2.05, 4.69) is 16.2 Å². The minimum absolute atomic E-state index is 0.170. The maximum absolute atomic E-state index is 10.9. The summed E-state index contributed by atoms with van der Waals surface area (Å²) in [5.74, 6) is -0.197. The number of hydrogen-bond donors (Lipinski definition) is 2. The molecule has 1 heterocycles. The molecule has 0 atom stereocenters. The van der Waals surface area contributed by atoms with Crippen LogP contribution in [0.5, 0.6) is 5.75 Å². The van der Waals surface area contributed by atoms with Crippen LogP contribution in [0.25, 0.3) is 12.2 Å². The fourth-order valence-electron chi connectivity index (χ4n) is 2.46. The Balaban J connectivity index is 0.000000654. The molecule has 2 aromatic carbocycles. The lowest BCUT2D eigenvalue weighted by molar-refractivity contribution is 0.0696. The fraction of sp³-hybridized carbons (Fsp3) is 0.130. The summed E-state index contributed by atoms with van der Waals surface area (Å²) in [6, 6.07) is 19.3. The van der Waals surface area contributed by atoms with Crippen LogP contribution in [0.15, 0.2) is 71.8 Å². The first kappa shape index (κ1) is 25.1. The van der Waals surface area contributed by atoms with Crippen LogP contribution < -0.4 is 9.88 Å². The van der Waals surface area contributed by atoms with Gasteiger partial charge in [0.15, 0.2) is 0 Å². The molecule has 0 bridgehead atoms. The topological polar surface area (TPSA) is 120 Å². The maximum atomic E-state index is 10.9. The average Bonchev–Trinajstić information content (AvgIpc) is 2.76. The minimum Gasteiger partial charge on any atom is -0.488 e. The second-order valence-electron chi connectivity index (χ2n) is 6.62. The van der Waals surface area contributed by atoms with E-state index in [-0.39, 0.29) is 5.56 Å². The number of nitrogens with zero attached hydrogens (tertiary/aromatic N) is 1. The summed E-state index contributed by atoms with van der Waals surface area (Å²) in [5.41, 5.74) is 2.90. The number of carboxylic acids is 1. The molecule has 168 valence electrons. The standard InChI is InChI=1S/C22H19NO3S.CH5NO2S/c1-27-20-11-12-21(26-15-16-5-3-2-4-6-16)17(13-20)7-9-19-10-8-18(14-23-19)22(24)25;1-5(2,3)4/h2-14H,15H2,1H3,(H,24,25);1H3,(H2,2,3,4)/b9-7+;. The number of pyridine rings is 1. The number of carboxylic acid groups (broad SMARTS) is 1. The van der Waals surface area contributed by atoms with Crippen molar-refractivity contribution < 1.29 is 23.1 Å². The Morgan fingerprint density at radius 1 is 1.12 bits per heavy atom. The number of hydrogen-bond acceptors (Lipinski definition) is 6. The molecular weight excluding hydrogens is 448 g/mol. The van der Waals surface area contributed by atoms with Gasteiger partial charge in [-0.2, -0.15) is 0 Å². The highest BCUT2D eigenvalue weighted by molar-refractivity contribution is 7.98. The molecule has 3 N–H and O–H groups in total. The number of rotatable bonds is 7. The Kier molecular flexibility index (Phi) is 9.45. The third-order valence-electron chi connectivity index (χ3n) is 3.92. The van der Waals surface area contributed by atoms with E-state index in [0.717, 1.165) is 28.0 Å². The molecule has 0 saturated heterocycles. The number of sulfonamides is 1. The third kappa shape index (κ3) is 9.34. The molecule has 0 fully saturated rings. The second-order valence-corrected chi connectivity index (χ2v) is 9.16. The lowest BCUT2D eigenvalue weighted by Gasteiger charge is -2.11. The molecule has 0 amide bonds. The Morgan fingerprint density at radius 2 is 1.81 bits per heavy atom. The molecule has 1 aromatic heterocycles. The van der Waals surface area contributed by atoms with Gasteiger partial charge in [0, 0.05) is 16.7 Å². The van der Waals surface area contributed by atoms with Gasteiger partial charge in [0.05, 0.1) is 17.5 Å². The first-order valence-corrected chi connectivity index (χ1v) is 12.5.